The average Bonchev–Trinajstić information content (AvgIpc) is 3.61. The highest BCUT2D eigenvalue weighted by atomic mass is 14.9. The number of nitrogens with one attached hydrogen (secondary N) is 1. The van der Waals surface area contributed by atoms with Crippen LogP contribution in [0.15, 0.2) is 78.2 Å². The van der Waals surface area contributed by atoms with Gasteiger partial charge in [-0.2, -0.15) is 0 Å². The SMILES string of the molecule is CC(C)C1=Nc2c(c3ccc(-c4ccc5cc(-c6cnc(C(C)C)[nH]6)ccc5c4)cc3c3nccnc23)C1. The Balaban J connectivity index is 1.32. The molecule has 7 rings (SSSR count). The molecule has 186 valence electrons. The summed E-state index contributed by atoms with van der Waals surface area (Å²) < 4.78 is 0. The normalized spacial score (nSPS) is 13.3. The Morgan fingerprint density at radius 3 is 2.11 bits per heavy atom. The third-order valence-corrected chi connectivity index (χ3v) is 7.71. The summed E-state index contributed by atoms with van der Waals surface area (Å²) in [5, 5.41) is 4.78. The molecule has 0 saturated carbocycles. The largest absolute Gasteiger partial charge is 0.342 e. The van der Waals surface area contributed by atoms with Gasteiger partial charge in [0, 0.05) is 41.4 Å². The van der Waals surface area contributed by atoms with Crippen molar-refractivity contribution < 1.29 is 0 Å². The Bertz CT molecular complexity index is 1910. The monoisotopic (exact) mass is 495 g/mol. The first kappa shape index (κ1) is 22.8. The van der Waals surface area contributed by atoms with Crippen LogP contribution >= 0.6 is 0 Å². The van der Waals surface area contributed by atoms with Gasteiger partial charge in [0.2, 0.25) is 0 Å². The molecule has 2 aromatic heterocycles. The molecule has 38 heavy (non-hydrogen) atoms. The van der Waals surface area contributed by atoms with E-state index in [4.69, 9.17) is 15.0 Å². The van der Waals surface area contributed by atoms with Crippen molar-refractivity contribution in [1.82, 2.24) is 19.9 Å². The van der Waals surface area contributed by atoms with E-state index in [0.717, 1.165) is 45.6 Å². The number of aromatic nitrogens is 4. The van der Waals surface area contributed by atoms with Crippen LogP contribution in [0.2, 0.25) is 0 Å². The molecule has 5 heteroatoms. The molecule has 4 aromatic carbocycles. The van der Waals surface area contributed by atoms with Crippen molar-refractivity contribution in [2.45, 2.75) is 40.0 Å². The lowest BCUT2D eigenvalue weighted by atomic mass is 9.93. The van der Waals surface area contributed by atoms with Crippen LogP contribution in [0.25, 0.3) is 55.0 Å². The molecule has 0 fully saturated rings. The molecular formula is C33H29N5. The fourth-order valence-electron chi connectivity index (χ4n) is 5.53. The van der Waals surface area contributed by atoms with Crippen molar-refractivity contribution in [3.05, 3.63) is 84.6 Å². The fourth-order valence-corrected chi connectivity index (χ4v) is 5.53. The Hall–Kier alpha value is -4.38. The van der Waals surface area contributed by atoms with Crippen LogP contribution in [-0.2, 0) is 6.42 Å². The van der Waals surface area contributed by atoms with Crippen LogP contribution in [0.3, 0.4) is 0 Å². The van der Waals surface area contributed by atoms with Crippen molar-refractivity contribution in [1.29, 1.82) is 0 Å². The van der Waals surface area contributed by atoms with Crippen molar-refractivity contribution in [3.8, 4) is 22.4 Å². The summed E-state index contributed by atoms with van der Waals surface area (Å²) in [4.78, 5) is 22.4. The second-order valence-corrected chi connectivity index (χ2v) is 10.9. The van der Waals surface area contributed by atoms with E-state index in [0.29, 0.717) is 11.8 Å². The first-order valence-electron chi connectivity index (χ1n) is 13.3. The minimum absolute atomic E-state index is 0.377. The molecule has 0 atom stereocenters. The zero-order chi connectivity index (χ0) is 26.0. The lowest BCUT2D eigenvalue weighted by Gasteiger charge is -2.12. The molecule has 0 unspecified atom stereocenters. The second-order valence-electron chi connectivity index (χ2n) is 10.9. The quantitative estimate of drug-likeness (QED) is 0.250. The molecule has 0 radical (unpaired) electrons. The summed E-state index contributed by atoms with van der Waals surface area (Å²) in [6.07, 6.45) is 6.35. The third kappa shape index (κ3) is 3.61. The molecule has 5 nitrogen and oxygen atoms in total. The molecule has 6 aromatic rings. The van der Waals surface area contributed by atoms with E-state index in [9.17, 15) is 0 Å². The van der Waals surface area contributed by atoms with Gasteiger partial charge >= 0.3 is 0 Å². The van der Waals surface area contributed by atoms with Crippen LogP contribution < -0.4 is 0 Å². The number of H-pyrrole nitrogens is 1. The lowest BCUT2D eigenvalue weighted by Crippen LogP contribution is -2.06. The average molecular weight is 496 g/mol. The highest BCUT2D eigenvalue weighted by Gasteiger charge is 2.24. The molecule has 0 saturated heterocycles. The number of benzene rings is 4. The van der Waals surface area contributed by atoms with E-state index in [1.54, 1.807) is 12.4 Å². The highest BCUT2D eigenvalue weighted by Crippen LogP contribution is 2.42. The van der Waals surface area contributed by atoms with Gasteiger partial charge in [-0.05, 0) is 57.0 Å². The van der Waals surface area contributed by atoms with Crippen molar-refractivity contribution in [2.24, 2.45) is 10.9 Å². The van der Waals surface area contributed by atoms with Crippen LogP contribution in [0, 0.1) is 5.92 Å². The standard InChI is InChI=1S/C33H29N5/c1-18(2)28-16-27-25-10-9-23(15-26(25)30-32(31(27)37-28)35-12-11-34-30)21-5-6-22-14-24(8-7-20(22)13-21)29-17-36-33(38-29)19(3)4/h5-15,17-19H,16H2,1-4H3,(H,36,38). The number of hydrogen-bond acceptors (Lipinski definition) is 4. The topological polar surface area (TPSA) is 66.8 Å². The number of imidazole rings is 1. The summed E-state index contributed by atoms with van der Waals surface area (Å²) in [5.74, 6) is 1.80. The van der Waals surface area contributed by atoms with Crippen molar-refractivity contribution in [3.63, 3.8) is 0 Å². The van der Waals surface area contributed by atoms with Gasteiger partial charge in [0.1, 0.15) is 11.3 Å². The van der Waals surface area contributed by atoms with Gasteiger partial charge in [-0.15, -0.1) is 0 Å². The summed E-state index contributed by atoms with van der Waals surface area (Å²) >= 11 is 0. The first-order chi connectivity index (χ1) is 18.5. The molecule has 0 bridgehead atoms. The van der Waals surface area contributed by atoms with E-state index >= 15 is 0 Å². The number of aromatic amines is 1. The van der Waals surface area contributed by atoms with Crippen LogP contribution in [0.5, 0.6) is 0 Å². The maximum absolute atomic E-state index is 4.99. The zero-order valence-corrected chi connectivity index (χ0v) is 22.1. The number of nitrogens with zero attached hydrogens (tertiary/aromatic N) is 4. The Morgan fingerprint density at radius 1 is 0.684 bits per heavy atom. The third-order valence-electron chi connectivity index (χ3n) is 7.71. The summed E-state index contributed by atoms with van der Waals surface area (Å²) in [6.45, 7) is 8.71. The van der Waals surface area contributed by atoms with Crippen LogP contribution in [-0.4, -0.2) is 25.6 Å². The van der Waals surface area contributed by atoms with E-state index in [2.05, 4.69) is 92.3 Å². The van der Waals surface area contributed by atoms with Gasteiger partial charge < -0.3 is 4.98 Å². The Morgan fingerprint density at radius 2 is 1.37 bits per heavy atom. The predicted molar refractivity (Wildman–Crippen MR) is 157 cm³/mol. The lowest BCUT2D eigenvalue weighted by molar-refractivity contribution is 0.795. The molecule has 0 aliphatic carbocycles. The molecule has 1 aliphatic rings. The van der Waals surface area contributed by atoms with Gasteiger partial charge in [0.15, 0.2) is 0 Å². The Kier molecular flexibility index (Phi) is 5.15. The second kappa shape index (κ2) is 8.59. The van der Waals surface area contributed by atoms with Crippen LogP contribution in [0.1, 0.15) is 45.0 Å². The smallest absolute Gasteiger partial charge is 0.115 e. The number of rotatable bonds is 4. The predicted octanol–water partition coefficient (Wildman–Crippen LogP) is 8.40. The maximum atomic E-state index is 4.99. The van der Waals surface area contributed by atoms with Gasteiger partial charge in [0.25, 0.3) is 0 Å². The van der Waals surface area contributed by atoms with Crippen molar-refractivity contribution >= 4 is 44.0 Å². The molecule has 1 N–H and O–H groups in total. The van der Waals surface area contributed by atoms with Gasteiger partial charge in [-0.1, -0.05) is 64.1 Å². The van der Waals surface area contributed by atoms with Gasteiger partial charge in [-0.3, -0.25) is 15.0 Å². The molecule has 0 amide bonds. The van der Waals surface area contributed by atoms with Gasteiger partial charge in [0.05, 0.1) is 23.1 Å². The van der Waals surface area contributed by atoms with E-state index in [1.807, 2.05) is 6.20 Å². The minimum Gasteiger partial charge on any atom is -0.342 e. The first-order valence-corrected chi connectivity index (χ1v) is 13.3. The van der Waals surface area contributed by atoms with E-state index in [1.165, 1.54) is 38.6 Å². The molecule has 3 heterocycles. The summed E-state index contributed by atoms with van der Waals surface area (Å²) in [5.41, 5.74) is 9.87. The molecule has 0 spiro atoms. The number of hydrogen-bond donors (Lipinski definition) is 1. The van der Waals surface area contributed by atoms with Gasteiger partial charge in [-0.25, -0.2) is 4.98 Å². The molecule has 1 aliphatic heterocycles. The number of aliphatic imine (C=N–C) groups is 1. The van der Waals surface area contributed by atoms with Crippen LogP contribution in [0.4, 0.5) is 5.69 Å². The Labute approximate surface area is 221 Å². The maximum Gasteiger partial charge on any atom is 0.115 e. The molecular weight excluding hydrogens is 466 g/mol. The minimum atomic E-state index is 0.377. The number of fused-ring (bicyclic) bond motifs is 7. The fraction of sp³-hybridized carbons (Fsp3) is 0.212. The van der Waals surface area contributed by atoms with E-state index in [-0.39, 0.29) is 0 Å². The van der Waals surface area contributed by atoms with Crippen molar-refractivity contribution in [2.75, 3.05) is 0 Å². The van der Waals surface area contributed by atoms with E-state index < -0.39 is 0 Å². The summed E-state index contributed by atoms with van der Waals surface area (Å²) in [7, 11) is 0. The zero-order valence-electron chi connectivity index (χ0n) is 22.1. The summed E-state index contributed by atoms with van der Waals surface area (Å²) in [6, 6.07) is 20.0. The highest BCUT2D eigenvalue weighted by molar-refractivity contribution is 6.16.